The maximum absolute atomic E-state index is 10.6. The fourth-order valence-electron chi connectivity index (χ4n) is 1.58. The SMILES string of the molecule is Nc1cc(NCCn2ccnc2)ccc1[N+](=O)[O-]. The third kappa shape index (κ3) is 2.76. The number of nitro benzene ring substituents is 1. The highest BCUT2D eigenvalue weighted by atomic mass is 16.6. The van der Waals surface area contributed by atoms with Gasteiger partial charge in [-0.1, -0.05) is 0 Å². The first-order chi connectivity index (χ1) is 8.66. The van der Waals surface area contributed by atoms with Crippen molar-refractivity contribution < 1.29 is 4.92 Å². The van der Waals surface area contributed by atoms with Crippen LogP contribution in [0, 0.1) is 10.1 Å². The predicted octanol–water partition coefficient (Wildman–Crippen LogP) is 1.49. The summed E-state index contributed by atoms with van der Waals surface area (Å²) in [5, 5.41) is 13.7. The Kier molecular flexibility index (Phi) is 3.42. The van der Waals surface area contributed by atoms with Gasteiger partial charge in [0.25, 0.3) is 5.69 Å². The molecule has 0 bridgehead atoms. The predicted molar refractivity (Wildman–Crippen MR) is 68.2 cm³/mol. The lowest BCUT2D eigenvalue weighted by molar-refractivity contribution is -0.383. The summed E-state index contributed by atoms with van der Waals surface area (Å²) in [5.74, 6) is 0. The highest BCUT2D eigenvalue weighted by molar-refractivity contribution is 5.65. The standard InChI is InChI=1S/C11H13N5O2/c12-10-7-9(1-2-11(10)16(17)18)14-4-6-15-5-3-13-8-15/h1-3,5,7-8,14H,4,6,12H2. The highest BCUT2D eigenvalue weighted by Gasteiger charge is 2.10. The number of hydrogen-bond donors (Lipinski definition) is 2. The number of benzene rings is 1. The Labute approximate surface area is 103 Å². The molecule has 0 aliphatic carbocycles. The number of hydrogen-bond acceptors (Lipinski definition) is 5. The van der Waals surface area contributed by atoms with Crippen molar-refractivity contribution >= 4 is 17.1 Å². The maximum Gasteiger partial charge on any atom is 0.292 e. The van der Waals surface area contributed by atoms with Gasteiger partial charge in [-0.05, 0) is 12.1 Å². The van der Waals surface area contributed by atoms with Crippen molar-refractivity contribution in [2.75, 3.05) is 17.6 Å². The van der Waals surface area contributed by atoms with Crippen LogP contribution in [-0.4, -0.2) is 21.0 Å². The third-order valence-electron chi connectivity index (χ3n) is 2.48. The highest BCUT2D eigenvalue weighted by Crippen LogP contribution is 2.24. The number of rotatable bonds is 5. The Morgan fingerprint density at radius 1 is 1.50 bits per heavy atom. The molecule has 0 saturated carbocycles. The normalized spacial score (nSPS) is 10.2. The lowest BCUT2D eigenvalue weighted by Gasteiger charge is -2.07. The van der Waals surface area contributed by atoms with Crippen molar-refractivity contribution in [3.63, 3.8) is 0 Å². The van der Waals surface area contributed by atoms with Crippen LogP contribution in [0.25, 0.3) is 0 Å². The van der Waals surface area contributed by atoms with E-state index in [2.05, 4.69) is 10.3 Å². The number of imidazole rings is 1. The zero-order valence-electron chi connectivity index (χ0n) is 9.61. The van der Waals surface area contributed by atoms with Gasteiger partial charge in [0.05, 0.1) is 11.3 Å². The summed E-state index contributed by atoms with van der Waals surface area (Å²) < 4.78 is 1.93. The number of nitrogens with zero attached hydrogens (tertiary/aromatic N) is 3. The van der Waals surface area contributed by atoms with E-state index in [-0.39, 0.29) is 11.4 Å². The average Bonchev–Trinajstić information content (AvgIpc) is 2.81. The minimum Gasteiger partial charge on any atom is -0.393 e. The van der Waals surface area contributed by atoms with Gasteiger partial charge in [-0.15, -0.1) is 0 Å². The number of nitrogen functional groups attached to an aromatic ring is 1. The van der Waals surface area contributed by atoms with E-state index in [4.69, 9.17) is 5.73 Å². The van der Waals surface area contributed by atoms with E-state index in [0.29, 0.717) is 6.54 Å². The van der Waals surface area contributed by atoms with E-state index in [1.54, 1.807) is 24.7 Å². The van der Waals surface area contributed by atoms with Gasteiger partial charge in [0, 0.05) is 37.2 Å². The molecule has 0 aliphatic rings. The quantitative estimate of drug-likeness (QED) is 0.473. The van der Waals surface area contributed by atoms with E-state index < -0.39 is 4.92 Å². The summed E-state index contributed by atoms with van der Waals surface area (Å²) >= 11 is 0. The van der Waals surface area contributed by atoms with Crippen molar-refractivity contribution in [2.45, 2.75) is 6.54 Å². The van der Waals surface area contributed by atoms with Crippen molar-refractivity contribution in [1.82, 2.24) is 9.55 Å². The summed E-state index contributed by atoms with van der Waals surface area (Å²) in [4.78, 5) is 14.0. The number of nitrogens with one attached hydrogen (secondary N) is 1. The average molecular weight is 247 g/mol. The summed E-state index contributed by atoms with van der Waals surface area (Å²) in [6.45, 7) is 1.45. The largest absolute Gasteiger partial charge is 0.393 e. The van der Waals surface area contributed by atoms with Gasteiger partial charge < -0.3 is 15.6 Å². The van der Waals surface area contributed by atoms with Crippen LogP contribution in [0.15, 0.2) is 36.9 Å². The number of aromatic nitrogens is 2. The molecule has 0 amide bonds. The van der Waals surface area contributed by atoms with Crippen LogP contribution in [0.3, 0.4) is 0 Å². The van der Waals surface area contributed by atoms with E-state index in [1.807, 2.05) is 10.8 Å². The Morgan fingerprint density at radius 3 is 2.94 bits per heavy atom. The van der Waals surface area contributed by atoms with Gasteiger partial charge >= 0.3 is 0 Å². The molecule has 1 aromatic heterocycles. The molecule has 0 saturated heterocycles. The van der Waals surface area contributed by atoms with Crippen LogP contribution in [-0.2, 0) is 6.54 Å². The summed E-state index contributed by atoms with van der Waals surface area (Å²) in [7, 11) is 0. The smallest absolute Gasteiger partial charge is 0.292 e. The van der Waals surface area contributed by atoms with E-state index in [0.717, 1.165) is 12.2 Å². The van der Waals surface area contributed by atoms with Crippen molar-refractivity contribution in [3.05, 3.63) is 47.0 Å². The lowest BCUT2D eigenvalue weighted by Crippen LogP contribution is -2.09. The molecule has 0 spiro atoms. The van der Waals surface area contributed by atoms with Crippen molar-refractivity contribution in [3.8, 4) is 0 Å². The Hall–Kier alpha value is -2.57. The Bertz CT molecular complexity index is 538. The van der Waals surface area contributed by atoms with Crippen LogP contribution in [0.5, 0.6) is 0 Å². The molecule has 94 valence electrons. The first-order valence-electron chi connectivity index (χ1n) is 5.40. The third-order valence-corrected chi connectivity index (χ3v) is 2.48. The minimum absolute atomic E-state index is 0.0739. The molecule has 0 atom stereocenters. The van der Waals surface area contributed by atoms with E-state index in [1.165, 1.54) is 6.07 Å². The zero-order chi connectivity index (χ0) is 13.0. The second kappa shape index (κ2) is 5.17. The Balaban J connectivity index is 1.94. The molecule has 0 unspecified atom stereocenters. The van der Waals surface area contributed by atoms with Gasteiger partial charge in [0.15, 0.2) is 0 Å². The number of anilines is 2. The summed E-state index contributed by atoms with van der Waals surface area (Å²) in [6, 6.07) is 4.60. The first kappa shape index (κ1) is 11.9. The second-order valence-electron chi connectivity index (χ2n) is 3.76. The van der Waals surface area contributed by atoms with Crippen LogP contribution in [0.2, 0.25) is 0 Å². The maximum atomic E-state index is 10.6. The van der Waals surface area contributed by atoms with Gasteiger partial charge in [0.2, 0.25) is 0 Å². The molecular formula is C11H13N5O2. The molecule has 1 aromatic carbocycles. The molecule has 2 aromatic rings. The van der Waals surface area contributed by atoms with Crippen LogP contribution >= 0.6 is 0 Å². The molecule has 7 heteroatoms. The van der Waals surface area contributed by atoms with Crippen molar-refractivity contribution in [1.29, 1.82) is 0 Å². The molecule has 7 nitrogen and oxygen atoms in total. The molecule has 0 fully saturated rings. The summed E-state index contributed by atoms with van der Waals surface area (Å²) in [5.41, 5.74) is 6.44. The minimum atomic E-state index is -0.495. The monoisotopic (exact) mass is 247 g/mol. The molecule has 2 rings (SSSR count). The van der Waals surface area contributed by atoms with Crippen LogP contribution < -0.4 is 11.1 Å². The fourth-order valence-corrected chi connectivity index (χ4v) is 1.58. The fraction of sp³-hybridized carbons (Fsp3) is 0.182. The zero-order valence-corrected chi connectivity index (χ0v) is 9.61. The molecule has 18 heavy (non-hydrogen) atoms. The molecule has 0 radical (unpaired) electrons. The van der Waals surface area contributed by atoms with E-state index >= 15 is 0 Å². The molecule has 0 aliphatic heterocycles. The topological polar surface area (TPSA) is 99.0 Å². The van der Waals surface area contributed by atoms with Crippen molar-refractivity contribution in [2.24, 2.45) is 0 Å². The molecule has 3 N–H and O–H groups in total. The van der Waals surface area contributed by atoms with Gasteiger partial charge in [0.1, 0.15) is 5.69 Å². The number of nitro groups is 1. The molecule has 1 heterocycles. The molecular weight excluding hydrogens is 234 g/mol. The second-order valence-corrected chi connectivity index (χ2v) is 3.76. The van der Waals surface area contributed by atoms with Crippen LogP contribution in [0.4, 0.5) is 17.1 Å². The van der Waals surface area contributed by atoms with Gasteiger partial charge in [-0.2, -0.15) is 0 Å². The van der Waals surface area contributed by atoms with E-state index in [9.17, 15) is 10.1 Å². The lowest BCUT2D eigenvalue weighted by atomic mass is 10.2. The van der Waals surface area contributed by atoms with Gasteiger partial charge in [-0.25, -0.2) is 4.98 Å². The van der Waals surface area contributed by atoms with Crippen LogP contribution in [0.1, 0.15) is 0 Å². The summed E-state index contributed by atoms with van der Waals surface area (Å²) in [6.07, 6.45) is 5.31. The first-order valence-corrected chi connectivity index (χ1v) is 5.40. The number of nitrogens with two attached hydrogens (primary N) is 1. The Morgan fingerprint density at radius 2 is 2.33 bits per heavy atom. The van der Waals surface area contributed by atoms with Gasteiger partial charge in [-0.3, -0.25) is 10.1 Å².